The normalized spacial score (nSPS) is 6.43. The number of rotatable bonds is 1. The fourth-order valence-corrected chi connectivity index (χ4v) is 0. The fraction of sp³-hybridized carbons (Fsp3) is 0.250. The Bertz CT molecular complexity index is 75.7. The van der Waals surface area contributed by atoms with Crippen LogP contribution in [0.2, 0.25) is 0 Å². The summed E-state index contributed by atoms with van der Waals surface area (Å²) in [6.07, 6.45) is 0. The summed E-state index contributed by atoms with van der Waals surface area (Å²) >= 11 is 0. The molecule has 0 saturated carbocycles. The molecule has 0 unspecified atom stereocenters. The van der Waals surface area contributed by atoms with Gasteiger partial charge in [-0.25, -0.2) is 4.79 Å². The van der Waals surface area contributed by atoms with Crippen LogP contribution in [0.4, 0.5) is 0 Å². The summed E-state index contributed by atoms with van der Waals surface area (Å²) in [5, 5.41) is 7.89. The standard InChI is InChI=1S/C4H6O2.Hf/c1-3(2)4(5)6;/h1H2,2H3,(H,5,6);. The maximum Gasteiger partial charge on any atom is 0.330 e. The van der Waals surface area contributed by atoms with Gasteiger partial charge in [-0.15, -0.1) is 0 Å². The molecule has 38 valence electrons. The molecule has 3 heteroatoms. The summed E-state index contributed by atoms with van der Waals surface area (Å²) in [6, 6.07) is 0. The molecule has 0 aliphatic heterocycles. The van der Waals surface area contributed by atoms with Crippen LogP contribution in [-0.4, -0.2) is 11.1 Å². The number of hydrogen-bond acceptors (Lipinski definition) is 1. The van der Waals surface area contributed by atoms with Gasteiger partial charge in [0.1, 0.15) is 0 Å². The maximum atomic E-state index is 9.60. The molecule has 1 N–H and O–H groups in total. The number of carboxylic acid groups (broad SMARTS) is 1. The summed E-state index contributed by atoms with van der Waals surface area (Å²) < 4.78 is 0. The summed E-state index contributed by atoms with van der Waals surface area (Å²) in [7, 11) is 0. The van der Waals surface area contributed by atoms with Crippen LogP contribution in [0.15, 0.2) is 12.2 Å². The minimum Gasteiger partial charge on any atom is -0.478 e. The van der Waals surface area contributed by atoms with E-state index in [2.05, 4.69) is 6.58 Å². The van der Waals surface area contributed by atoms with Crippen LogP contribution in [0.1, 0.15) is 6.92 Å². The number of aliphatic carboxylic acids is 1. The van der Waals surface area contributed by atoms with Gasteiger partial charge in [0, 0.05) is 31.4 Å². The van der Waals surface area contributed by atoms with E-state index >= 15 is 0 Å². The molecular weight excluding hydrogens is 259 g/mol. The first-order chi connectivity index (χ1) is 2.64. The van der Waals surface area contributed by atoms with Crippen LogP contribution < -0.4 is 0 Å². The van der Waals surface area contributed by atoms with E-state index in [4.69, 9.17) is 5.11 Å². The molecule has 0 aliphatic rings. The maximum absolute atomic E-state index is 9.60. The monoisotopic (exact) mass is 266 g/mol. The van der Waals surface area contributed by atoms with Crippen LogP contribution in [0.3, 0.4) is 0 Å². The molecule has 0 bridgehead atoms. The molecule has 0 atom stereocenters. The summed E-state index contributed by atoms with van der Waals surface area (Å²) in [5.74, 6) is -0.935. The van der Waals surface area contributed by atoms with E-state index in [1.165, 1.54) is 6.92 Å². The van der Waals surface area contributed by atoms with Crippen LogP contribution in [0, 0.1) is 0 Å². The summed E-state index contributed by atoms with van der Waals surface area (Å²) in [4.78, 5) is 9.60. The zero-order valence-corrected chi connectivity index (χ0v) is 7.66. The third kappa shape index (κ3) is 6.08. The van der Waals surface area contributed by atoms with Crippen LogP contribution in [-0.2, 0) is 30.6 Å². The van der Waals surface area contributed by atoms with E-state index in [0.717, 1.165) is 0 Å². The van der Waals surface area contributed by atoms with Crippen molar-refractivity contribution >= 4 is 5.97 Å². The Kier molecular flexibility index (Phi) is 6.15. The Morgan fingerprint density at radius 3 is 1.86 bits per heavy atom. The van der Waals surface area contributed by atoms with Crippen molar-refractivity contribution in [1.29, 1.82) is 0 Å². The number of carbonyl (C=O) groups is 1. The third-order valence-electron chi connectivity index (χ3n) is 0.365. The van der Waals surface area contributed by atoms with Crippen molar-refractivity contribution in [2.45, 2.75) is 6.92 Å². The second-order valence-corrected chi connectivity index (χ2v) is 1.09. The average molecular weight is 265 g/mol. The smallest absolute Gasteiger partial charge is 0.330 e. The minimum absolute atomic E-state index is 0. The van der Waals surface area contributed by atoms with Crippen molar-refractivity contribution in [3.8, 4) is 0 Å². The molecule has 0 rings (SSSR count). The van der Waals surface area contributed by atoms with Crippen LogP contribution in [0.25, 0.3) is 0 Å². The first kappa shape index (κ1) is 10.1. The average Bonchev–Trinajstić information content (AvgIpc) is 1.36. The number of carboxylic acids is 1. The molecule has 0 radical (unpaired) electrons. The molecular formula is C4H6HfO2. The van der Waals surface area contributed by atoms with Crippen molar-refractivity contribution < 1.29 is 35.7 Å². The predicted octanol–water partition coefficient (Wildman–Crippen LogP) is 0.645. The van der Waals surface area contributed by atoms with Crippen LogP contribution >= 0.6 is 0 Å². The van der Waals surface area contributed by atoms with Crippen molar-refractivity contribution in [3.05, 3.63) is 12.2 Å². The first-order valence-electron chi connectivity index (χ1n) is 1.53. The van der Waals surface area contributed by atoms with Crippen molar-refractivity contribution in [2.75, 3.05) is 0 Å². The van der Waals surface area contributed by atoms with E-state index in [1.54, 1.807) is 0 Å². The zero-order valence-electron chi connectivity index (χ0n) is 4.06. The van der Waals surface area contributed by atoms with Crippen molar-refractivity contribution in [3.63, 3.8) is 0 Å². The number of hydrogen-bond donors (Lipinski definition) is 1. The SMILES string of the molecule is C=C(C)C(=O)O.[Hf]. The summed E-state index contributed by atoms with van der Waals surface area (Å²) in [5.41, 5.74) is 0.176. The Hall–Kier alpha value is 0.0801. The van der Waals surface area contributed by atoms with Gasteiger partial charge in [0.2, 0.25) is 0 Å². The second kappa shape index (κ2) is 4.24. The van der Waals surface area contributed by atoms with Gasteiger partial charge in [0.15, 0.2) is 0 Å². The van der Waals surface area contributed by atoms with Gasteiger partial charge in [0.05, 0.1) is 0 Å². The molecule has 0 heterocycles. The molecule has 7 heavy (non-hydrogen) atoms. The fourth-order valence-electron chi connectivity index (χ4n) is 0. The quantitative estimate of drug-likeness (QED) is 0.558. The molecule has 0 fully saturated rings. The van der Waals surface area contributed by atoms with Gasteiger partial charge in [-0.05, 0) is 6.92 Å². The topological polar surface area (TPSA) is 37.3 Å². The van der Waals surface area contributed by atoms with Gasteiger partial charge < -0.3 is 5.11 Å². The molecule has 0 spiro atoms. The Balaban J connectivity index is 0. The van der Waals surface area contributed by atoms with Gasteiger partial charge in [-0.2, -0.15) is 0 Å². The van der Waals surface area contributed by atoms with Gasteiger partial charge in [0.25, 0.3) is 0 Å². The zero-order chi connectivity index (χ0) is 5.15. The van der Waals surface area contributed by atoms with Crippen LogP contribution in [0.5, 0.6) is 0 Å². The molecule has 0 aromatic heterocycles. The first-order valence-corrected chi connectivity index (χ1v) is 1.53. The predicted molar refractivity (Wildman–Crippen MR) is 22.4 cm³/mol. The molecule has 0 aromatic carbocycles. The largest absolute Gasteiger partial charge is 0.478 e. The van der Waals surface area contributed by atoms with E-state index < -0.39 is 5.97 Å². The summed E-state index contributed by atoms with van der Waals surface area (Å²) in [6.45, 7) is 4.60. The molecule has 0 aromatic rings. The van der Waals surface area contributed by atoms with Crippen molar-refractivity contribution in [2.24, 2.45) is 0 Å². The van der Waals surface area contributed by atoms with E-state index in [1.807, 2.05) is 0 Å². The van der Waals surface area contributed by atoms with Gasteiger partial charge in [-0.3, -0.25) is 0 Å². The Morgan fingerprint density at radius 1 is 1.71 bits per heavy atom. The van der Waals surface area contributed by atoms with Gasteiger partial charge >= 0.3 is 5.97 Å². The van der Waals surface area contributed by atoms with Gasteiger partial charge in [-0.1, -0.05) is 6.58 Å². The Morgan fingerprint density at radius 2 is 1.86 bits per heavy atom. The van der Waals surface area contributed by atoms with E-state index in [9.17, 15) is 4.79 Å². The minimum atomic E-state index is -0.935. The second-order valence-electron chi connectivity index (χ2n) is 1.09. The van der Waals surface area contributed by atoms with E-state index in [0.29, 0.717) is 0 Å². The van der Waals surface area contributed by atoms with Crippen molar-refractivity contribution in [1.82, 2.24) is 0 Å². The molecule has 0 amide bonds. The molecule has 2 nitrogen and oxygen atoms in total. The molecule has 0 aliphatic carbocycles. The third-order valence-corrected chi connectivity index (χ3v) is 0.365. The Labute approximate surface area is 61.0 Å². The van der Waals surface area contributed by atoms with E-state index in [-0.39, 0.29) is 31.4 Å². The molecule has 0 saturated heterocycles.